The topological polar surface area (TPSA) is 27.7 Å². The Hall–Kier alpha value is -0.120. The highest BCUT2D eigenvalue weighted by Gasteiger charge is 2.05. The second-order valence-corrected chi connectivity index (χ2v) is 3.10. The number of hydrogen-bond acceptors (Lipinski definition) is 3. The lowest BCUT2D eigenvalue weighted by molar-refractivity contribution is -0.0308. The summed E-state index contributed by atoms with van der Waals surface area (Å²) in [7, 11) is 3.35. The predicted octanol–water partition coefficient (Wildman–Crippen LogP) is 1.85. The fourth-order valence-corrected chi connectivity index (χ4v) is 1.04. The first-order valence-electron chi connectivity index (χ1n) is 4.94. The molecule has 0 rings (SSSR count). The average Bonchev–Trinajstić information content (AvgIpc) is 2.16. The van der Waals surface area contributed by atoms with Crippen molar-refractivity contribution in [2.45, 2.75) is 32.3 Å². The summed E-state index contributed by atoms with van der Waals surface area (Å²) in [5.41, 5.74) is 0. The summed E-state index contributed by atoms with van der Waals surface area (Å²) in [6.45, 7) is 4.25. The zero-order chi connectivity index (χ0) is 9.94. The first kappa shape index (κ1) is 12.9. The maximum absolute atomic E-state index is 5.44. The summed E-state index contributed by atoms with van der Waals surface area (Å²) >= 11 is 0. The molecule has 0 aliphatic heterocycles. The summed E-state index contributed by atoms with van der Waals surface area (Å²) in [6, 6.07) is 0. The molecule has 0 aromatic heterocycles. The number of hydrogen-bond donors (Lipinski definition) is 0. The lowest BCUT2D eigenvalue weighted by atomic mass is 10.3. The van der Waals surface area contributed by atoms with E-state index in [1.165, 1.54) is 12.8 Å². The van der Waals surface area contributed by atoms with Crippen molar-refractivity contribution in [3.63, 3.8) is 0 Å². The molecule has 0 aromatic carbocycles. The molecule has 0 N–H and O–H groups in total. The van der Waals surface area contributed by atoms with Crippen molar-refractivity contribution in [2.24, 2.45) is 0 Å². The van der Waals surface area contributed by atoms with Gasteiger partial charge in [0.1, 0.15) is 6.10 Å². The van der Waals surface area contributed by atoms with Crippen molar-refractivity contribution < 1.29 is 14.2 Å². The molecule has 3 nitrogen and oxygen atoms in total. The predicted molar refractivity (Wildman–Crippen MR) is 53.0 cm³/mol. The molecule has 0 aromatic rings. The van der Waals surface area contributed by atoms with E-state index < -0.39 is 0 Å². The second kappa shape index (κ2) is 9.96. The number of ether oxygens (including phenoxy) is 3. The summed E-state index contributed by atoms with van der Waals surface area (Å²) < 4.78 is 15.6. The molecule has 1 atom stereocenters. The van der Waals surface area contributed by atoms with Gasteiger partial charge in [0.05, 0.1) is 13.2 Å². The van der Waals surface area contributed by atoms with Gasteiger partial charge >= 0.3 is 0 Å². The lowest BCUT2D eigenvalue weighted by Gasteiger charge is -2.14. The van der Waals surface area contributed by atoms with Gasteiger partial charge in [0.2, 0.25) is 0 Å². The van der Waals surface area contributed by atoms with Crippen LogP contribution in [0.4, 0.5) is 0 Å². The molecule has 0 aliphatic carbocycles. The van der Waals surface area contributed by atoms with Gasteiger partial charge in [0.25, 0.3) is 0 Å². The largest absolute Gasteiger partial charge is 0.382 e. The van der Waals surface area contributed by atoms with Crippen LogP contribution >= 0.6 is 0 Å². The summed E-state index contributed by atoms with van der Waals surface area (Å²) in [6.07, 6.45) is 3.68. The molecule has 0 spiro atoms. The number of methoxy groups -OCH3 is 2. The molecule has 13 heavy (non-hydrogen) atoms. The van der Waals surface area contributed by atoms with Gasteiger partial charge in [-0.2, -0.15) is 0 Å². The molecule has 0 radical (unpaired) electrons. The summed E-state index contributed by atoms with van der Waals surface area (Å²) in [4.78, 5) is 0. The number of rotatable bonds is 9. The lowest BCUT2D eigenvalue weighted by Crippen LogP contribution is -2.23. The zero-order valence-electron chi connectivity index (χ0n) is 9.04. The summed E-state index contributed by atoms with van der Waals surface area (Å²) in [5.74, 6) is 0. The van der Waals surface area contributed by atoms with Crippen molar-refractivity contribution in [1.29, 1.82) is 0 Å². The highest BCUT2D eigenvalue weighted by Crippen LogP contribution is 1.97. The first-order chi connectivity index (χ1) is 6.35. The molecular weight excluding hydrogens is 168 g/mol. The maximum atomic E-state index is 5.44. The van der Waals surface area contributed by atoms with Crippen LogP contribution in [-0.2, 0) is 14.2 Å². The molecule has 0 saturated carbocycles. The van der Waals surface area contributed by atoms with Gasteiger partial charge < -0.3 is 14.2 Å². The first-order valence-corrected chi connectivity index (χ1v) is 4.94. The Morgan fingerprint density at radius 2 is 1.85 bits per heavy atom. The molecule has 3 heteroatoms. The third-order valence-corrected chi connectivity index (χ3v) is 1.88. The third kappa shape index (κ3) is 8.22. The van der Waals surface area contributed by atoms with E-state index >= 15 is 0 Å². The van der Waals surface area contributed by atoms with Gasteiger partial charge in [-0.3, -0.25) is 0 Å². The van der Waals surface area contributed by atoms with Crippen LogP contribution in [0, 0.1) is 0 Å². The van der Waals surface area contributed by atoms with E-state index in [1.54, 1.807) is 14.2 Å². The van der Waals surface area contributed by atoms with Crippen LogP contribution in [0.5, 0.6) is 0 Å². The Bertz CT molecular complexity index is 96.2. The zero-order valence-corrected chi connectivity index (χ0v) is 9.04. The molecular formula is C10H22O3. The molecule has 0 amide bonds. The minimum atomic E-state index is 0.0756. The Morgan fingerprint density at radius 1 is 1.08 bits per heavy atom. The van der Waals surface area contributed by atoms with Gasteiger partial charge in [-0.15, -0.1) is 0 Å². The molecule has 0 aliphatic rings. The van der Waals surface area contributed by atoms with E-state index in [1.807, 2.05) is 0 Å². The monoisotopic (exact) mass is 190 g/mol. The maximum Gasteiger partial charge on any atom is 0.104 e. The fraction of sp³-hybridized carbons (Fsp3) is 1.00. The smallest absolute Gasteiger partial charge is 0.104 e. The average molecular weight is 190 g/mol. The van der Waals surface area contributed by atoms with Crippen molar-refractivity contribution in [3.8, 4) is 0 Å². The van der Waals surface area contributed by atoms with Crippen LogP contribution in [0.1, 0.15) is 26.2 Å². The second-order valence-electron chi connectivity index (χ2n) is 3.10. The Morgan fingerprint density at radius 3 is 2.38 bits per heavy atom. The van der Waals surface area contributed by atoms with Crippen LogP contribution in [0.3, 0.4) is 0 Å². The van der Waals surface area contributed by atoms with Crippen molar-refractivity contribution in [2.75, 3.05) is 34.0 Å². The molecule has 80 valence electrons. The highest BCUT2D eigenvalue weighted by atomic mass is 16.5. The van der Waals surface area contributed by atoms with E-state index in [9.17, 15) is 0 Å². The van der Waals surface area contributed by atoms with E-state index in [2.05, 4.69) is 6.92 Å². The normalized spacial score (nSPS) is 13.2. The molecule has 0 fully saturated rings. The quantitative estimate of drug-likeness (QED) is 0.519. The van der Waals surface area contributed by atoms with E-state index in [0.29, 0.717) is 13.2 Å². The molecule has 0 heterocycles. The molecule has 0 saturated heterocycles. The molecule has 1 unspecified atom stereocenters. The van der Waals surface area contributed by atoms with Gasteiger partial charge in [-0.05, 0) is 6.42 Å². The molecule has 0 bridgehead atoms. The van der Waals surface area contributed by atoms with E-state index in [0.717, 1.165) is 13.0 Å². The van der Waals surface area contributed by atoms with Crippen LogP contribution in [0.25, 0.3) is 0 Å². The Balaban J connectivity index is 3.17. The highest BCUT2D eigenvalue weighted by molar-refractivity contribution is 4.53. The Labute approximate surface area is 81.4 Å². The van der Waals surface area contributed by atoms with E-state index in [4.69, 9.17) is 14.2 Å². The SMILES string of the molecule is CCCCCOCC(COC)OC. The minimum absolute atomic E-state index is 0.0756. The van der Waals surface area contributed by atoms with Gasteiger partial charge in [-0.1, -0.05) is 19.8 Å². The van der Waals surface area contributed by atoms with Crippen molar-refractivity contribution in [1.82, 2.24) is 0 Å². The van der Waals surface area contributed by atoms with Gasteiger partial charge in [0, 0.05) is 20.8 Å². The van der Waals surface area contributed by atoms with Crippen molar-refractivity contribution in [3.05, 3.63) is 0 Å². The van der Waals surface area contributed by atoms with Crippen molar-refractivity contribution >= 4 is 0 Å². The number of unbranched alkanes of at least 4 members (excludes halogenated alkanes) is 2. The fourth-order valence-electron chi connectivity index (χ4n) is 1.04. The van der Waals surface area contributed by atoms with Crippen LogP contribution in [0.15, 0.2) is 0 Å². The van der Waals surface area contributed by atoms with Gasteiger partial charge in [0.15, 0.2) is 0 Å². The van der Waals surface area contributed by atoms with Crippen LogP contribution < -0.4 is 0 Å². The summed E-state index contributed by atoms with van der Waals surface area (Å²) in [5, 5.41) is 0. The van der Waals surface area contributed by atoms with Gasteiger partial charge in [-0.25, -0.2) is 0 Å². The van der Waals surface area contributed by atoms with Crippen LogP contribution in [0.2, 0.25) is 0 Å². The Kier molecular flexibility index (Phi) is 9.87. The third-order valence-electron chi connectivity index (χ3n) is 1.88. The standard InChI is InChI=1S/C10H22O3/c1-4-5-6-7-13-9-10(12-3)8-11-2/h10H,4-9H2,1-3H3. The van der Waals surface area contributed by atoms with E-state index in [-0.39, 0.29) is 6.10 Å². The minimum Gasteiger partial charge on any atom is -0.382 e. The van der Waals surface area contributed by atoms with Crippen LogP contribution in [-0.4, -0.2) is 40.1 Å².